The molecule has 3 rings (SSSR count). The van der Waals surface area contributed by atoms with Crippen LogP contribution < -0.4 is 10.6 Å². The second-order valence-corrected chi connectivity index (χ2v) is 6.19. The van der Waals surface area contributed by atoms with Crippen molar-refractivity contribution in [2.45, 2.75) is 44.7 Å². The summed E-state index contributed by atoms with van der Waals surface area (Å²) in [6.07, 6.45) is 7.16. The molecule has 0 unspecified atom stereocenters. The summed E-state index contributed by atoms with van der Waals surface area (Å²) < 4.78 is 0. The molecule has 3 nitrogen and oxygen atoms in total. The van der Waals surface area contributed by atoms with Crippen LogP contribution in [0.15, 0.2) is 24.3 Å². The van der Waals surface area contributed by atoms with Crippen molar-refractivity contribution in [1.29, 1.82) is 0 Å². The van der Waals surface area contributed by atoms with E-state index in [1.165, 1.54) is 69.5 Å². The van der Waals surface area contributed by atoms with Gasteiger partial charge < -0.3 is 10.6 Å². The Morgan fingerprint density at radius 2 is 1.55 bits per heavy atom. The molecule has 1 aromatic rings. The Morgan fingerprint density at radius 1 is 0.900 bits per heavy atom. The number of piperazine rings is 1. The number of nitrogens with two attached hydrogens (primary N) is 1. The summed E-state index contributed by atoms with van der Waals surface area (Å²) in [6.45, 7) is 5.42. The van der Waals surface area contributed by atoms with E-state index in [9.17, 15) is 0 Å². The molecule has 1 saturated heterocycles. The molecule has 0 spiro atoms. The van der Waals surface area contributed by atoms with E-state index in [1.807, 2.05) is 0 Å². The molecule has 20 heavy (non-hydrogen) atoms. The lowest BCUT2D eigenvalue weighted by Gasteiger charge is -2.41. The number of nitrogens with zero attached hydrogens (tertiary/aromatic N) is 2. The Kier molecular flexibility index (Phi) is 4.58. The zero-order valence-electron chi connectivity index (χ0n) is 12.4. The highest BCUT2D eigenvalue weighted by Gasteiger charge is 2.24. The van der Waals surface area contributed by atoms with Crippen LogP contribution in [-0.4, -0.2) is 37.1 Å². The van der Waals surface area contributed by atoms with Crippen molar-refractivity contribution in [2.24, 2.45) is 5.73 Å². The Morgan fingerprint density at radius 3 is 2.15 bits per heavy atom. The predicted molar refractivity (Wildman–Crippen MR) is 85.0 cm³/mol. The van der Waals surface area contributed by atoms with Crippen LogP contribution in [0.1, 0.15) is 37.7 Å². The maximum atomic E-state index is 5.66. The van der Waals surface area contributed by atoms with Crippen molar-refractivity contribution in [3.63, 3.8) is 0 Å². The smallest absolute Gasteiger partial charge is 0.0367 e. The predicted octanol–water partition coefficient (Wildman–Crippen LogP) is 2.60. The van der Waals surface area contributed by atoms with E-state index in [-0.39, 0.29) is 0 Å². The van der Waals surface area contributed by atoms with Gasteiger partial charge in [0, 0.05) is 44.5 Å². The van der Waals surface area contributed by atoms with Crippen LogP contribution in [0, 0.1) is 0 Å². The third-order valence-corrected chi connectivity index (χ3v) is 4.94. The lowest BCUT2D eigenvalue weighted by atomic mass is 9.94. The van der Waals surface area contributed by atoms with E-state index in [1.54, 1.807) is 0 Å². The first-order valence-corrected chi connectivity index (χ1v) is 8.15. The van der Waals surface area contributed by atoms with Crippen molar-refractivity contribution in [3.8, 4) is 0 Å². The van der Waals surface area contributed by atoms with E-state index in [4.69, 9.17) is 5.73 Å². The Labute approximate surface area is 122 Å². The molecule has 2 aliphatic rings. The fraction of sp³-hybridized carbons (Fsp3) is 0.647. The third kappa shape index (κ3) is 3.15. The topological polar surface area (TPSA) is 32.5 Å². The summed E-state index contributed by atoms with van der Waals surface area (Å²) >= 11 is 0. The van der Waals surface area contributed by atoms with Crippen molar-refractivity contribution in [1.82, 2.24) is 4.90 Å². The average molecular weight is 273 g/mol. The van der Waals surface area contributed by atoms with Gasteiger partial charge in [-0.25, -0.2) is 0 Å². The van der Waals surface area contributed by atoms with Gasteiger partial charge in [-0.15, -0.1) is 0 Å². The van der Waals surface area contributed by atoms with E-state index in [0.29, 0.717) is 6.54 Å². The van der Waals surface area contributed by atoms with Gasteiger partial charge in [-0.1, -0.05) is 31.4 Å². The summed E-state index contributed by atoms with van der Waals surface area (Å²) in [5.41, 5.74) is 8.23. The quantitative estimate of drug-likeness (QED) is 0.919. The molecular weight excluding hydrogens is 246 g/mol. The molecule has 110 valence electrons. The van der Waals surface area contributed by atoms with Crippen molar-refractivity contribution in [2.75, 3.05) is 31.1 Å². The van der Waals surface area contributed by atoms with Crippen LogP contribution in [0.3, 0.4) is 0 Å². The van der Waals surface area contributed by atoms with Crippen LogP contribution in [0.5, 0.6) is 0 Å². The van der Waals surface area contributed by atoms with Crippen LogP contribution in [0.2, 0.25) is 0 Å². The lowest BCUT2D eigenvalue weighted by molar-refractivity contribution is 0.148. The van der Waals surface area contributed by atoms with Crippen LogP contribution in [0.25, 0.3) is 0 Å². The second kappa shape index (κ2) is 6.59. The number of anilines is 1. The fourth-order valence-electron chi connectivity index (χ4n) is 3.63. The van der Waals surface area contributed by atoms with Crippen LogP contribution >= 0.6 is 0 Å². The summed E-state index contributed by atoms with van der Waals surface area (Å²) in [6, 6.07) is 9.62. The number of hydrogen-bond donors (Lipinski definition) is 1. The number of hydrogen-bond acceptors (Lipinski definition) is 3. The van der Waals surface area contributed by atoms with Crippen molar-refractivity contribution < 1.29 is 0 Å². The highest BCUT2D eigenvalue weighted by molar-refractivity contribution is 5.48. The standard InChI is InChI=1S/C17H27N3/c18-14-15-6-8-17(9-7-15)20-12-10-19(11-13-20)16-4-2-1-3-5-16/h6-9,16H,1-5,10-14,18H2. The maximum absolute atomic E-state index is 5.66. The van der Waals surface area contributed by atoms with Crippen LogP contribution in [0.4, 0.5) is 5.69 Å². The second-order valence-electron chi connectivity index (χ2n) is 6.19. The number of rotatable bonds is 3. The van der Waals surface area contributed by atoms with Gasteiger partial charge in [0.1, 0.15) is 0 Å². The summed E-state index contributed by atoms with van der Waals surface area (Å²) in [7, 11) is 0. The fourth-order valence-corrected chi connectivity index (χ4v) is 3.63. The van der Waals surface area contributed by atoms with Gasteiger partial charge in [-0.3, -0.25) is 4.90 Å². The molecule has 1 aromatic carbocycles. The monoisotopic (exact) mass is 273 g/mol. The van der Waals surface area contributed by atoms with Gasteiger partial charge in [-0.05, 0) is 30.5 Å². The minimum absolute atomic E-state index is 0.635. The van der Waals surface area contributed by atoms with Crippen molar-refractivity contribution >= 4 is 5.69 Å². The first-order chi connectivity index (χ1) is 9.86. The molecule has 0 aromatic heterocycles. The number of benzene rings is 1. The van der Waals surface area contributed by atoms with E-state index >= 15 is 0 Å². The highest BCUT2D eigenvalue weighted by Crippen LogP contribution is 2.25. The summed E-state index contributed by atoms with van der Waals surface area (Å²) in [4.78, 5) is 5.24. The Balaban J connectivity index is 1.54. The Bertz CT molecular complexity index is 401. The van der Waals surface area contributed by atoms with Gasteiger partial charge >= 0.3 is 0 Å². The molecular formula is C17H27N3. The van der Waals surface area contributed by atoms with Crippen molar-refractivity contribution in [3.05, 3.63) is 29.8 Å². The molecule has 1 aliphatic heterocycles. The average Bonchev–Trinajstić information content (AvgIpc) is 2.56. The lowest BCUT2D eigenvalue weighted by Crippen LogP contribution is -2.50. The SMILES string of the molecule is NCc1ccc(N2CCN(C3CCCCC3)CC2)cc1. The van der Waals surface area contributed by atoms with Gasteiger partial charge in [0.25, 0.3) is 0 Å². The molecule has 0 amide bonds. The molecule has 0 bridgehead atoms. The largest absolute Gasteiger partial charge is 0.369 e. The van der Waals surface area contributed by atoms with Gasteiger partial charge in [-0.2, -0.15) is 0 Å². The van der Waals surface area contributed by atoms with E-state index < -0.39 is 0 Å². The highest BCUT2D eigenvalue weighted by atomic mass is 15.3. The zero-order valence-corrected chi connectivity index (χ0v) is 12.4. The van der Waals surface area contributed by atoms with Gasteiger partial charge in [0.05, 0.1) is 0 Å². The van der Waals surface area contributed by atoms with E-state index in [0.717, 1.165) is 6.04 Å². The van der Waals surface area contributed by atoms with Gasteiger partial charge in [0.2, 0.25) is 0 Å². The Hall–Kier alpha value is -1.06. The minimum atomic E-state index is 0.635. The molecule has 3 heteroatoms. The van der Waals surface area contributed by atoms with E-state index in [2.05, 4.69) is 34.1 Å². The molecule has 2 fully saturated rings. The zero-order chi connectivity index (χ0) is 13.8. The normalized spacial score (nSPS) is 22.1. The van der Waals surface area contributed by atoms with Gasteiger partial charge in [0.15, 0.2) is 0 Å². The molecule has 0 radical (unpaired) electrons. The molecule has 1 aliphatic carbocycles. The molecule has 1 saturated carbocycles. The molecule has 0 atom stereocenters. The molecule has 2 N–H and O–H groups in total. The summed E-state index contributed by atoms with van der Waals surface area (Å²) in [5.74, 6) is 0. The summed E-state index contributed by atoms with van der Waals surface area (Å²) in [5, 5.41) is 0. The van der Waals surface area contributed by atoms with Crippen LogP contribution in [-0.2, 0) is 6.54 Å². The maximum Gasteiger partial charge on any atom is 0.0367 e. The molecule has 1 heterocycles. The minimum Gasteiger partial charge on any atom is -0.369 e. The first kappa shape index (κ1) is 13.9. The first-order valence-electron chi connectivity index (χ1n) is 8.15. The third-order valence-electron chi connectivity index (χ3n) is 4.94.